The van der Waals surface area contributed by atoms with Crippen molar-refractivity contribution in [2.75, 3.05) is 29.1 Å². The molecular formula is C20H22FN5OS2. The standard InChI is InChI=1S/C20H22FN5OS2/c1-12-5-6-15(14(21)8-12)24-16(27)10-28-19-17-18(22-11-23-19)25-20(29-17)26-7-3-4-13(2)9-26/h5-6,8,11,13H,3-4,7,9-10H2,1-2H3,(H,24,27)/t13-/m1/s1. The van der Waals surface area contributed by atoms with Gasteiger partial charge in [-0.3, -0.25) is 4.79 Å². The highest BCUT2D eigenvalue weighted by Crippen LogP contribution is 2.35. The van der Waals surface area contributed by atoms with Crippen LogP contribution in [0.25, 0.3) is 10.3 Å². The zero-order chi connectivity index (χ0) is 20.4. The molecule has 1 saturated heterocycles. The maximum absolute atomic E-state index is 13.9. The summed E-state index contributed by atoms with van der Waals surface area (Å²) in [6.07, 6.45) is 3.89. The van der Waals surface area contributed by atoms with Crippen LogP contribution in [0.15, 0.2) is 29.6 Å². The quantitative estimate of drug-likeness (QED) is 0.474. The van der Waals surface area contributed by atoms with Gasteiger partial charge in [0.15, 0.2) is 10.8 Å². The fourth-order valence-corrected chi connectivity index (χ4v) is 5.29. The molecule has 1 atom stereocenters. The largest absolute Gasteiger partial charge is 0.348 e. The van der Waals surface area contributed by atoms with Crippen LogP contribution in [0, 0.1) is 18.7 Å². The zero-order valence-electron chi connectivity index (χ0n) is 16.3. The number of thiazole rings is 1. The molecule has 29 heavy (non-hydrogen) atoms. The highest BCUT2D eigenvalue weighted by Gasteiger charge is 2.21. The number of carbonyl (C=O) groups is 1. The number of hydrogen-bond acceptors (Lipinski definition) is 7. The van der Waals surface area contributed by atoms with Gasteiger partial charge < -0.3 is 10.2 Å². The number of rotatable bonds is 5. The van der Waals surface area contributed by atoms with Gasteiger partial charge in [-0.05, 0) is 43.4 Å². The maximum atomic E-state index is 13.9. The zero-order valence-corrected chi connectivity index (χ0v) is 17.9. The molecule has 1 aliphatic heterocycles. The first-order valence-electron chi connectivity index (χ1n) is 9.55. The second-order valence-corrected chi connectivity index (χ2v) is 9.28. The van der Waals surface area contributed by atoms with Gasteiger partial charge in [-0.25, -0.2) is 14.4 Å². The van der Waals surface area contributed by atoms with Crippen molar-refractivity contribution in [1.82, 2.24) is 15.0 Å². The second-order valence-electron chi connectivity index (χ2n) is 7.34. The van der Waals surface area contributed by atoms with Gasteiger partial charge in [-0.15, -0.1) is 0 Å². The van der Waals surface area contributed by atoms with E-state index in [-0.39, 0.29) is 17.3 Å². The number of thioether (sulfide) groups is 1. The third-order valence-electron chi connectivity index (χ3n) is 4.81. The van der Waals surface area contributed by atoms with Crippen LogP contribution in [-0.2, 0) is 4.79 Å². The summed E-state index contributed by atoms with van der Waals surface area (Å²) < 4.78 is 14.8. The van der Waals surface area contributed by atoms with E-state index in [0.717, 1.165) is 33.5 Å². The summed E-state index contributed by atoms with van der Waals surface area (Å²) in [4.78, 5) is 27.9. The highest BCUT2D eigenvalue weighted by atomic mass is 32.2. The van der Waals surface area contributed by atoms with E-state index in [0.29, 0.717) is 11.6 Å². The minimum Gasteiger partial charge on any atom is -0.348 e. The molecule has 0 saturated carbocycles. The van der Waals surface area contributed by atoms with Crippen molar-refractivity contribution in [3.05, 3.63) is 35.9 Å². The summed E-state index contributed by atoms with van der Waals surface area (Å²) in [5.74, 6) is 0.0734. The SMILES string of the molecule is Cc1ccc(NC(=O)CSc2ncnc3nc(N4CCC[C@@H](C)C4)sc23)c(F)c1. The predicted molar refractivity (Wildman–Crippen MR) is 116 cm³/mol. The van der Waals surface area contributed by atoms with E-state index in [9.17, 15) is 9.18 Å². The molecule has 1 fully saturated rings. The van der Waals surface area contributed by atoms with Crippen molar-refractivity contribution >= 4 is 50.2 Å². The van der Waals surface area contributed by atoms with Crippen LogP contribution in [0.5, 0.6) is 0 Å². The van der Waals surface area contributed by atoms with E-state index in [1.165, 1.54) is 37.0 Å². The number of benzene rings is 1. The molecule has 4 rings (SSSR count). The van der Waals surface area contributed by atoms with Gasteiger partial charge >= 0.3 is 0 Å². The molecule has 1 aromatic carbocycles. The van der Waals surface area contributed by atoms with Crippen molar-refractivity contribution < 1.29 is 9.18 Å². The Morgan fingerprint density at radius 1 is 1.41 bits per heavy atom. The number of nitrogens with one attached hydrogen (secondary N) is 1. The molecule has 1 amide bonds. The Balaban J connectivity index is 1.45. The molecule has 152 valence electrons. The van der Waals surface area contributed by atoms with Gasteiger partial charge in [0.05, 0.1) is 11.4 Å². The lowest BCUT2D eigenvalue weighted by Crippen LogP contribution is -2.34. The summed E-state index contributed by atoms with van der Waals surface area (Å²) >= 11 is 2.88. The topological polar surface area (TPSA) is 71.0 Å². The van der Waals surface area contributed by atoms with Crippen LogP contribution < -0.4 is 10.2 Å². The van der Waals surface area contributed by atoms with Gasteiger partial charge in [-0.1, -0.05) is 36.1 Å². The average Bonchev–Trinajstić information content (AvgIpc) is 3.13. The fourth-order valence-electron chi connectivity index (χ4n) is 3.37. The maximum Gasteiger partial charge on any atom is 0.234 e. The fraction of sp³-hybridized carbons (Fsp3) is 0.400. The molecule has 1 aliphatic rings. The Hall–Kier alpha value is -2.26. The normalized spacial score (nSPS) is 16.9. The minimum absolute atomic E-state index is 0.132. The molecule has 3 aromatic rings. The summed E-state index contributed by atoms with van der Waals surface area (Å²) in [7, 11) is 0. The number of piperidine rings is 1. The first kappa shape index (κ1) is 20.0. The Labute approximate surface area is 177 Å². The van der Waals surface area contributed by atoms with Crippen molar-refractivity contribution in [2.24, 2.45) is 5.92 Å². The molecule has 0 unspecified atom stereocenters. The van der Waals surface area contributed by atoms with Crippen LogP contribution in [0.1, 0.15) is 25.3 Å². The Kier molecular flexibility index (Phi) is 5.96. The lowest BCUT2D eigenvalue weighted by molar-refractivity contribution is -0.113. The van der Waals surface area contributed by atoms with Crippen molar-refractivity contribution in [3.8, 4) is 0 Å². The molecule has 9 heteroatoms. The highest BCUT2D eigenvalue weighted by molar-refractivity contribution is 8.00. The number of amides is 1. The monoisotopic (exact) mass is 431 g/mol. The van der Waals surface area contributed by atoms with Crippen molar-refractivity contribution in [2.45, 2.75) is 31.7 Å². The molecular weight excluding hydrogens is 409 g/mol. The number of aromatic nitrogens is 3. The molecule has 0 aliphatic carbocycles. The molecule has 6 nitrogen and oxygen atoms in total. The van der Waals surface area contributed by atoms with Gasteiger partial charge in [0.1, 0.15) is 21.9 Å². The van der Waals surface area contributed by atoms with E-state index in [4.69, 9.17) is 0 Å². The lowest BCUT2D eigenvalue weighted by Gasteiger charge is -2.30. The number of nitrogens with zero attached hydrogens (tertiary/aromatic N) is 4. The van der Waals surface area contributed by atoms with Gasteiger partial charge in [0.2, 0.25) is 5.91 Å². The minimum atomic E-state index is -0.435. The lowest BCUT2D eigenvalue weighted by atomic mass is 10.0. The summed E-state index contributed by atoms with van der Waals surface area (Å²) in [6.45, 7) is 6.07. The van der Waals surface area contributed by atoms with Gasteiger partial charge in [-0.2, -0.15) is 4.98 Å². The summed E-state index contributed by atoms with van der Waals surface area (Å²) in [5.41, 5.74) is 1.65. The van der Waals surface area contributed by atoms with E-state index < -0.39 is 5.82 Å². The summed E-state index contributed by atoms with van der Waals surface area (Å²) in [5, 5.41) is 4.30. The van der Waals surface area contributed by atoms with E-state index in [1.54, 1.807) is 30.4 Å². The van der Waals surface area contributed by atoms with Crippen molar-refractivity contribution in [3.63, 3.8) is 0 Å². The van der Waals surface area contributed by atoms with Crippen molar-refractivity contribution in [1.29, 1.82) is 0 Å². The Morgan fingerprint density at radius 3 is 3.07 bits per heavy atom. The third kappa shape index (κ3) is 4.67. The number of fused-ring (bicyclic) bond motifs is 1. The smallest absolute Gasteiger partial charge is 0.234 e. The first-order chi connectivity index (χ1) is 14.0. The van der Waals surface area contributed by atoms with Crippen LogP contribution in [0.2, 0.25) is 0 Å². The third-order valence-corrected chi connectivity index (χ3v) is 7.04. The number of anilines is 2. The predicted octanol–water partition coefficient (Wildman–Crippen LogP) is 4.50. The molecule has 0 spiro atoms. The number of aryl methyl sites for hydroxylation is 1. The first-order valence-corrected chi connectivity index (χ1v) is 11.3. The van der Waals surface area contributed by atoms with Gasteiger partial charge in [0.25, 0.3) is 0 Å². The molecule has 0 radical (unpaired) electrons. The number of halogens is 1. The number of carbonyl (C=O) groups excluding carboxylic acids is 1. The molecule has 2 aromatic heterocycles. The van der Waals surface area contributed by atoms with E-state index in [2.05, 4.69) is 32.1 Å². The van der Waals surface area contributed by atoms with Crippen LogP contribution in [-0.4, -0.2) is 39.7 Å². The van der Waals surface area contributed by atoms with Crippen LogP contribution in [0.4, 0.5) is 15.2 Å². The Morgan fingerprint density at radius 2 is 2.28 bits per heavy atom. The van der Waals surface area contributed by atoms with E-state index in [1.807, 2.05) is 0 Å². The number of hydrogen-bond donors (Lipinski definition) is 1. The average molecular weight is 432 g/mol. The van der Waals surface area contributed by atoms with E-state index >= 15 is 0 Å². The molecule has 3 heterocycles. The van der Waals surface area contributed by atoms with Crippen LogP contribution >= 0.6 is 23.1 Å². The second kappa shape index (κ2) is 8.62. The molecule has 0 bridgehead atoms. The molecule has 1 N–H and O–H groups in total. The summed E-state index contributed by atoms with van der Waals surface area (Å²) in [6, 6.07) is 4.74. The van der Waals surface area contributed by atoms with Gasteiger partial charge in [0, 0.05) is 13.1 Å². The Bertz CT molecular complexity index is 1040. The van der Waals surface area contributed by atoms with Crippen LogP contribution in [0.3, 0.4) is 0 Å².